The van der Waals surface area contributed by atoms with E-state index in [1.807, 2.05) is 0 Å². The molecule has 7 nitrogen and oxygen atoms in total. The van der Waals surface area contributed by atoms with Crippen LogP contribution in [0.15, 0.2) is 29.2 Å². The molecule has 0 aliphatic heterocycles. The van der Waals surface area contributed by atoms with Gasteiger partial charge in [-0.2, -0.15) is 0 Å². The van der Waals surface area contributed by atoms with Crippen LogP contribution in [0.5, 0.6) is 0 Å². The molecule has 134 valence electrons. The van der Waals surface area contributed by atoms with Crippen LogP contribution in [0.4, 0.5) is 0 Å². The van der Waals surface area contributed by atoms with Crippen LogP contribution in [0.3, 0.4) is 0 Å². The zero-order valence-corrected chi connectivity index (χ0v) is 15.4. The fourth-order valence-electron chi connectivity index (χ4n) is 2.59. The Hall–Kier alpha value is -1.45. The number of carbonyl (C=O) groups excluding carboxylic acids is 1. The van der Waals surface area contributed by atoms with Gasteiger partial charge in [-0.05, 0) is 37.1 Å². The van der Waals surface area contributed by atoms with E-state index in [0.29, 0.717) is 19.3 Å². The molecule has 0 bridgehead atoms. The highest BCUT2D eigenvalue weighted by molar-refractivity contribution is 7.91. The standard InChI is InChI=1S/C15H21NO6S2/c1-16(2)24(20,21)13-7-4-11(5-8-13)15(17)22-12-6-9-14(10-12)23(3,18)19/h4-5,7-8,12,14H,6,9-10H2,1-3H3. The van der Waals surface area contributed by atoms with Gasteiger partial charge in [0.1, 0.15) is 15.9 Å². The summed E-state index contributed by atoms with van der Waals surface area (Å²) in [5.41, 5.74) is 0.232. The van der Waals surface area contributed by atoms with Crippen molar-refractivity contribution >= 4 is 25.8 Å². The van der Waals surface area contributed by atoms with Gasteiger partial charge in [0.25, 0.3) is 0 Å². The lowest BCUT2D eigenvalue weighted by atomic mass is 10.2. The summed E-state index contributed by atoms with van der Waals surface area (Å²) in [6.45, 7) is 0. The number of nitrogens with zero attached hydrogens (tertiary/aromatic N) is 1. The summed E-state index contributed by atoms with van der Waals surface area (Å²) in [6.07, 6.45) is 2.05. The van der Waals surface area contributed by atoms with Gasteiger partial charge in [0, 0.05) is 26.8 Å². The van der Waals surface area contributed by atoms with Crippen LogP contribution in [-0.2, 0) is 24.6 Å². The number of ether oxygens (including phenoxy) is 1. The maximum atomic E-state index is 12.1. The molecule has 0 aromatic heterocycles. The second kappa shape index (κ2) is 6.81. The average Bonchev–Trinajstić information content (AvgIpc) is 2.96. The van der Waals surface area contributed by atoms with Crippen molar-refractivity contribution in [3.05, 3.63) is 29.8 Å². The molecular weight excluding hydrogens is 354 g/mol. The Bertz CT molecular complexity index is 812. The molecule has 1 saturated carbocycles. The highest BCUT2D eigenvalue weighted by Crippen LogP contribution is 2.28. The van der Waals surface area contributed by atoms with E-state index in [-0.39, 0.29) is 10.5 Å². The number of sulfone groups is 1. The van der Waals surface area contributed by atoms with E-state index < -0.39 is 37.2 Å². The zero-order valence-electron chi connectivity index (χ0n) is 13.8. The number of carbonyl (C=O) groups is 1. The predicted octanol–water partition coefficient (Wildman–Crippen LogP) is 1.06. The number of rotatable bonds is 5. The highest BCUT2D eigenvalue weighted by Gasteiger charge is 2.33. The molecule has 0 radical (unpaired) electrons. The molecule has 1 aromatic rings. The monoisotopic (exact) mass is 375 g/mol. The minimum atomic E-state index is -3.55. The van der Waals surface area contributed by atoms with Crippen molar-refractivity contribution in [2.24, 2.45) is 0 Å². The molecule has 1 aliphatic carbocycles. The number of hydrogen-bond donors (Lipinski definition) is 0. The summed E-state index contributed by atoms with van der Waals surface area (Å²) in [4.78, 5) is 12.2. The van der Waals surface area contributed by atoms with Crippen molar-refractivity contribution in [1.82, 2.24) is 4.31 Å². The second-order valence-corrected chi connectivity index (χ2v) is 10.6. The molecule has 0 spiro atoms. The number of benzene rings is 1. The average molecular weight is 375 g/mol. The van der Waals surface area contributed by atoms with Gasteiger partial charge in [0.2, 0.25) is 10.0 Å². The first-order valence-electron chi connectivity index (χ1n) is 7.44. The summed E-state index contributed by atoms with van der Waals surface area (Å²) in [5, 5.41) is -0.470. The third kappa shape index (κ3) is 4.14. The molecule has 9 heteroatoms. The first-order valence-corrected chi connectivity index (χ1v) is 10.8. The van der Waals surface area contributed by atoms with Crippen molar-refractivity contribution in [2.45, 2.75) is 35.5 Å². The van der Waals surface area contributed by atoms with Gasteiger partial charge in [0.05, 0.1) is 15.7 Å². The minimum absolute atomic E-state index is 0.0852. The fourth-order valence-corrected chi connectivity index (χ4v) is 4.62. The lowest BCUT2D eigenvalue weighted by molar-refractivity contribution is 0.0318. The normalized spacial score (nSPS) is 21.8. The van der Waals surface area contributed by atoms with Crippen molar-refractivity contribution in [1.29, 1.82) is 0 Å². The maximum Gasteiger partial charge on any atom is 0.338 e. The van der Waals surface area contributed by atoms with Gasteiger partial charge >= 0.3 is 5.97 Å². The third-order valence-corrected chi connectivity index (χ3v) is 7.55. The molecule has 2 atom stereocenters. The number of hydrogen-bond acceptors (Lipinski definition) is 6. The Morgan fingerprint density at radius 3 is 2.12 bits per heavy atom. The molecule has 2 rings (SSSR count). The molecule has 0 saturated heterocycles. The Morgan fingerprint density at radius 1 is 1.08 bits per heavy atom. The largest absolute Gasteiger partial charge is 0.459 e. The molecule has 24 heavy (non-hydrogen) atoms. The SMILES string of the molecule is CN(C)S(=O)(=O)c1ccc(C(=O)OC2CCC(S(C)(=O)=O)C2)cc1. The Kier molecular flexibility index (Phi) is 5.36. The summed E-state index contributed by atoms with van der Waals surface area (Å²) in [6, 6.07) is 5.48. The van der Waals surface area contributed by atoms with E-state index >= 15 is 0 Å². The number of sulfonamides is 1. The molecular formula is C15H21NO6S2. The summed E-state index contributed by atoms with van der Waals surface area (Å²) >= 11 is 0. The van der Waals surface area contributed by atoms with Crippen molar-refractivity contribution in [3.8, 4) is 0 Å². The Labute approximate surface area is 142 Å². The van der Waals surface area contributed by atoms with Crippen LogP contribution in [0.1, 0.15) is 29.6 Å². The van der Waals surface area contributed by atoms with Crippen molar-refractivity contribution in [2.75, 3.05) is 20.4 Å². The van der Waals surface area contributed by atoms with Gasteiger partial charge in [-0.15, -0.1) is 0 Å². The molecule has 2 unspecified atom stereocenters. The number of esters is 1. The Morgan fingerprint density at radius 2 is 1.67 bits per heavy atom. The van der Waals surface area contributed by atoms with E-state index in [9.17, 15) is 21.6 Å². The quantitative estimate of drug-likeness (QED) is 0.714. The van der Waals surface area contributed by atoms with E-state index in [4.69, 9.17) is 4.74 Å². The highest BCUT2D eigenvalue weighted by atomic mass is 32.2. The van der Waals surface area contributed by atoms with Crippen LogP contribution < -0.4 is 0 Å². The van der Waals surface area contributed by atoms with Crippen LogP contribution in [-0.4, -0.2) is 58.8 Å². The smallest absolute Gasteiger partial charge is 0.338 e. The van der Waals surface area contributed by atoms with Crippen LogP contribution in [0.25, 0.3) is 0 Å². The van der Waals surface area contributed by atoms with E-state index in [1.54, 1.807) is 0 Å². The van der Waals surface area contributed by atoms with Crippen LogP contribution >= 0.6 is 0 Å². The van der Waals surface area contributed by atoms with Crippen LogP contribution in [0.2, 0.25) is 0 Å². The minimum Gasteiger partial charge on any atom is -0.459 e. The first kappa shape index (κ1) is 18.9. The van der Waals surface area contributed by atoms with E-state index in [2.05, 4.69) is 0 Å². The van der Waals surface area contributed by atoms with Crippen molar-refractivity contribution in [3.63, 3.8) is 0 Å². The van der Waals surface area contributed by atoms with Gasteiger partial charge in [-0.3, -0.25) is 0 Å². The summed E-state index contributed by atoms with van der Waals surface area (Å²) < 4.78 is 53.4. The summed E-state index contributed by atoms with van der Waals surface area (Å²) in [7, 11) is -3.83. The molecule has 1 fully saturated rings. The lowest BCUT2D eigenvalue weighted by Crippen LogP contribution is -2.22. The van der Waals surface area contributed by atoms with Crippen LogP contribution in [0, 0.1) is 0 Å². The molecule has 0 amide bonds. The maximum absolute atomic E-state index is 12.1. The third-order valence-electron chi connectivity index (χ3n) is 4.08. The molecule has 0 N–H and O–H groups in total. The van der Waals surface area contributed by atoms with Gasteiger partial charge < -0.3 is 4.74 Å². The topological polar surface area (TPSA) is 97.8 Å². The predicted molar refractivity (Wildman–Crippen MR) is 89.0 cm³/mol. The van der Waals surface area contributed by atoms with Crippen molar-refractivity contribution < 1.29 is 26.4 Å². The first-order chi connectivity index (χ1) is 11.0. The second-order valence-electron chi connectivity index (χ2n) is 6.10. The van der Waals surface area contributed by atoms with Gasteiger partial charge in [0.15, 0.2) is 0 Å². The van der Waals surface area contributed by atoms with E-state index in [1.165, 1.54) is 44.6 Å². The van der Waals surface area contributed by atoms with Gasteiger partial charge in [-0.25, -0.2) is 25.9 Å². The molecule has 0 heterocycles. The summed E-state index contributed by atoms with van der Waals surface area (Å²) in [5.74, 6) is -0.581. The lowest BCUT2D eigenvalue weighted by Gasteiger charge is -2.13. The molecule has 1 aliphatic rings. The fraction of sp³-hybridized carbons (Fsp3) is 0.533. The van der Waals surface area contributed by atoms with E-state index in [0.717, 1.165) is 4.31 Å². The van der Waals surface area contributed by atoms with Gasteiger partial charge in [-0.1, -0.05) is 0 Å². The molecule has 1 aromatic carbocycles. The Balaban J connectivity index is 2.04. The zero-order chi connectivity index (χ0) is 18.1.